The highest BCUT2D eigenvalue weighted by Crippen LogP contribution is 2.28. The molecular weight excluding hydrogens is 242 g/mol. The van der Waals surface area contributed by atoms with Gasteiger partial charge >= 0.3 is 0 Å². The lowest BCUT2D eigenvalue weighted by Gasteiger charge is -2.08. The Labute approximate surface area is 112 Å². The van der Waals surface area contributed by atoms with Crippen LogP contribution in [0, 0.1) is 13.8 Å². The molecule has 0 aliphatic rings. The molecule has 2 aromatic heterocycles. The first-order valence-corrected chi connectivity index (χ1v) is 7.10. The van der Waals surface area contributed by atoms with E-state index in [1.165, 1.54) is 16.0 Å². The molecule has 3 heteroatoms. The highest BCUT2D eigenvalue weighted by molar-refractivity contribution is 7.12. The smallest absolute Gasteiger partial charge is 0.0937 e. The van der Waals surface area contributed by atoms with Crippen molar-refractivity contribution in [2.24, 2.45) is 0 Å². The monoisotopic (exact) mass is 261 g/mol. The van der Waals surface area contributed by atoms with Crippen LogP contribution in [0.1, 0.15) is 39.6 Å². The minimum atomic E-state index is -0.442. The van der Waals surface area contributed by atoms with Crippen molar-refractivity contribution < 1.29 is 5.11 Å². The van der Waals surface area contributed by atoms with E-state index in [9.17, 15) is 5.11 Å². The maximum absolute atomic E-state index is 10.2. The number of aromatic nitrogens is 1. The second-order valence-corrected chi connectivity index (χ2v) is 5.91. The van der Waals surface area contributed by atoms with Gasteiger partial charge in [0.25, 0.3) is 0 Å². The number of aryl methyl sites for hydroxylation is 3. The van der Waals surface area contributed by atoms with Gasteiger partial charge in [0.05, 0.1) is 6.10 Å². The Kier molecular flexibility index (Phi) is 4.15. The molecule has 1 atom stereocenters. The Balaban J connectivity index is 2.08. The van der Waals surface area contributed by atoms with Crippen molar-refractivity contribution in [2.45, 2.75) is 39.7 Å². The first-order valence-electron chi connectivity index (χ1n) is 6.29. The zero-order chi connectivity index (χ0) is 13.1. The maximum Gasteiger partial charge on any atom is 0.0937 e. The van der Waals surface area contributed by atoms with Gasteiger partial charge in [-0.15, -0.1) is 11.3 Å². The van der Waals surface area contributed by atoms with Crippen LogP contribution in [-0.4, -0.2) is 10.1 Å². The number of hydrogen-bond acceptors (Lipinski definition) is 3. The molecule has 2 rings (SSSR count). The Bertz CT molecular complexity index is 496. The van der Waals surface area contributed by atoms with Crippen molar-refractivity contribution in [1.82, 2.24) is 4.98 Å². The van der Waals surface area contributed by atoms with Crippen molar-refractivity contribution in [3.63, 3.8) is 0 Å². The van der Waals surface area contributed by atoms with Gasteiger partial charge in [-0.2, -0.15) is 0 Å². The molecule has 2 nitrogen and oxygen atoms in total. The van der Waals surface area contributed by atoms with Crippen molar-refractivity contribution in [1.29, 1.82) is 0 Å². The van der Waals surface area contributed by atoms with Crippen molar-refractivity contribution in [3.8, 4) is 0 Å². The number of aliphatic hydroxyl groups excluding tert-OH is 1. The first kappa shape index (κ1) is 13.2. The van der Waals surface area contributed by atoms with Gasteiger partial charge in [-0.05, 0) is 43.5 Å². The summed E-state index contributed by atoms with van der Waals surface area (Å²) in [6.07, 6.45) is 3.04. The van der Waals surface area contributed by atoms with Gasteiger partial charge < -0.3 is 5.11 Å². The fraction of sp³-hybridized carbons (Fsp3) is 0.400. The predicted octanol–water partition coefficient (Wildman–Crippen LogP) is 3.60. The lowest BCUT2D eigenvalue weighted by atomic mass is 10.1. The summed E-state index contributed by atoms with van der Waals surface area (Å²) >= 11 is 1.67. The van der Waals surface area contributed by atoms with E-state index in [-0.39, 0.29) is 0 Å². The molecule has 0 bridgehead atoms. The van der Waals surface area contributed by atoms with Gasteiger partial charge in [0.1, 0.15) is 0 Å². The van der Waals surface area contributed by atoms with Crippen LogP contribution < -0.4 is 0 Å². The SMILES string of the molecule is CCc1ccc(CC(O)c2cc(C)c(C)s2)nc1. The third-order valence-corrected chi connectivity index (χ3v) is 4.46. The molecule has 0 amide bonds. The molecule has 0 fully saturated rings. The summed E-state index contributed by atoms with van der Waals surface area (Å²) in [5.74, 6) is 0. The summed E-state index contributed by atoms with van der Waals surface area (Å²) < 4.78 is 0. The minimum absolute atomic E-state index is 0.442. The predicted molar refractivity (Wildman–Crippen MR) is 76.1 cm³/mol. The summed E-state index contributed by atoms with van der Waals surface area (Å²) in [4.78, 5) is 6.70. The van der Waals surface area contributed by atoms with Gasteiger partial charge in [0.2, 0.25) is 0 Å². The van der Waals surface area contributed by atoms with Gasteiger partial charge in [-0.1, -0.05) is 13.0 Å². The normalized spacial score (nSPS) is 12.7. The molecule has 0 aromatic carbocycles. The number of pyridine rings is 1. The van der Waals surface area contributed by atoms with Crippen molar-refractivity contribution >= 4 is 11.3 Å². The Morgan fingerprint density at radius 1 is 1.33 bits per heavy atom. The molecular formula is C15H19NOS. The zero-order valence-electron chi connectivity index (χ0n) is 11.1. The van der Waals surface area contributed by atoms with E-state index < -0.39 is 6.10 Å². The number of aliphatic hydroxyl groups is 1. The van der Waals surface area contributed by atoms with Gasteiger partial charge in [0, 0.05) is 28.1 Å². The third kappa shape index (κ3) is 2.98. The van der Waals surface area contributed by atoms with E-state index in [0.717, 1.165) is 17.0 Å². The molecule has 0 aliphatic heterocycles. The molecule has 0 spiro atoms. The van der Waals surface area contributed by atoms with Crippen LogP contribution in [0.25, 0.3) is 0 Å². The van der Waals surface area contributed by atoms with Gasteiger partial charge in [-0.25, -0.2) is 0 Å². The molecule has 2 heterocycles. The summed E-state index contributed by atoms with van der Waals surface area (Å²) in [5.41, 5.74) is 3.43. The molecule has 1 unspecified atom stereocenters. The summed E-state index contributed by atoms with van der Waals surface area (Å²) in [6, 6.07) is 6.17. The molecule has 18 heavy (non-hydrogen) atoms. The first-order chi connectivity index (χ1) is 8.60. The number of thiophene rings is 1. The van der Waals surface area contributed by atoms with Crippen molar-refractivity contribution in [3.05, 3.63) is 51.0 Å². The summed E-state index contributed by atoms with van der Waals surface area (Å²) in [7, 11) is 0. The Morgan fingerprint density at radius 2 is 2.11 bits per heavy atom. The van der Waals surface area contributed by atoms with E-state index in [4.69, 9.17) is 0 Å². The molecule has 0 radical (unpaired) electrons. The van der Waals surface area contributed by atoms with Crippen LogP contribution in [0.2, 0.25) is 0 Å². The molecule has 0 saturated heterocycles. The lowest BCUT2D eigenvalue weighted by molar-refractivity contribution is 0.181. The second-order valence-electron chi connectivity index (χ2n) is 4.62. The molecule has 0 aliphatic carbocycles. The van der Waals surface area contributed by atoms with E-state index in [1.54, 1.807) is 11.3 Å². The molecule has 0 saturated carbocycles. The Morgan fingerprint density at radius 3 is 2.61 bits per heavy atom. The fourth-order valence-electron chi connectivity index (χ4n) is 1.85. The standard InChI is InChI=1S/C15H19NOS/c1-4-12-5-6-13(16-9-12)8-14(17)15-7-10(2)11(3)18-15/h5-7,9,14,17H,4,8H2,1-3H3. The van der Waals surface area contributed by atoms with Crippen LogP contribution in [0.4, 0.5) is 0 Å². The van der Waals surface area contributed by atoms with E-state index in [0.29, 0.717) is 6.42 Å². The van der Waals surface area contributed by atoms with E-state index >= 15 is 0 Å². The Hall–Kier alpha value is -1.19. The van der Waals surface area contributed by atoms with Crippen LogP contribution in [-0.2, 0) is 12.8 Å². The van der Waals surface area contributed by atoms with Crippen LogP contribution in [0.5, 0.6) is 0 Å². The topological polar surface area (TPSA) is 33.1 Å². The lowest BCUT2D eigenvalue weighted by Crippen LogP contribution is -2.01. The zero-order valence-corrected chi connectivity index (χ0v) is 11.9. The highest BCUT2D eigenvalue weighted by Gasteiger charge is 2.13. The second kappa shape index (κ2) is 5.63. The summed E-state index contributed by atoms with van der Waals surface area (Å²) in [6.45, 7) is 6.28. The highest BCUT2D eigenvalue weighted by atomic mass is 32.1. The van der Waals surface area contributed by atoms with Gasteiger partial charge in [0.15, 0.2) is 0 Å². The van der Waals surface area contributed by atoms with E-state index in [1.807, 2.05) is 12.3 Å². The number of hydrogen-bond donors (Lipinski definition) is 1. The minimum Gasteiger partial charge on any atom is -0.387 e. The number of nitrogens with zero attached hydrogens (tertiary/aromatic N) is 1. The molecule has 1 N–H and O–H groups in total. The van der Waals surface area contributed by atoms with Gasteiger partial charge in [-0.3, -0.25) is 4.98 Å². The van der Waals surface area contributed by atoms with Crippen molar-refractivity contribution in [2.75, 3.05) is 0 Å². The number of rotatable bonds is 4. The average Bonchev–Trinajstić information content (AvgIpc) is 2.71. The molecule has 96 valence electrons. The fourth-order valence-corrected chi connectivity index (χ4v) is 2.88. The van der Waals surface area contributed by atoms with Crippen LogP contribution in [0.15, 0.2) is 24.4 Å². The van der Waals surface area contributed by atoms with Crippen LogP contribution >= 0.6 is 11.3 Å². The maximum atomic E-state index is 10.2. The van der Waals surface area contributed by atoms with Crippen LogP contribution in [0.3, 0.4) is 0 Å². The largest absolute Gasteiger partial charge is 0.387 e. The summed E-state index contributed by atoms with van der Waals surface area (Å²) in [5, 5.41) is 10.2. The van der Waals surface area contributed by atoms with E-state index in [2.05, 4.69) is 37.9 Å². The molecule has 2 aromatic rings. The average molecular weight is 261 g/mol. The quantitative estimate of drug-likeness (QED) is 0.912. The third-order valence-electron chi connectivity index (χ3n) is 3.21.